The molecule has 5 nitrogen and oxygen atoms in total. The summed E-state index contributed by atoms with van der Waals surface area (Å²) < 4.78 is 0. The number of aliphatic hydroxyl groups is 1. The molecule has 0 saturated heterocycles. The summed E-state index contributed by atoms with van der Waals surface area (Å²) in [5.41, 5.74) is 1.32. The number of rotatable bonds is 6. The molecule has 1 aromatic carbocycles. The monoisotopic (exact) mass is 290 g/mol. The lowest BCUT2D eigenvalue weighted by Crippen LogP contribution is -2.48. The fourth-order valence-corrected chi connectivity index (χ4v) is 2.40. The summed E-state index contributed by atoms with van der Waals surface area (Å²) in [5.74, 6) is -0.0753. The second-order valence-corrected chi connectivity index (χ2v) is 5.85. The van der Waals surface area contributed by atoms with Crippen LogP contribution in [-0.2, 0) is 11.2 Å². The molecule has 0 spiro atoms. The van der Waals surface area contributed by atoms with Crippen molar-refractivity contribution in [2.75, 3.05) is 19.6 Å². The van der Waals surface area contributed by atoms with Crippen molar-refractivity contribution >= 4 is 11.8 Å². The average Bonchev–Trinajstić information content (AvgIpc) is 2.43. The van der Waals surface area contributed by atoms with Gasteiger partial charge in [-0.1, -0.05) is 32.0 Å². The van der Waals surface area contributed by atoms with E-state index in [4.69, 9.17) is 0 Å². The molecular weight excluding hydrogens is 268 g/mol. The minimum absolute atomic E-state index is 0.0388. The summed E-state index contributed by atoms with van der Waals surface area (Å²) in [7, 11) is 0. The Balaban J connectivity index is 1.97. The fraction of sp³-hybridized carbons (Fsp3) is 0.500. The molecule has 0 aliphatic carbocycles. The number of carbonyl (C=O) groups is 2. The highest BCUT2D eigenvalue weighted by Crippen LogP contribution is 2.19. The molecule has 2 rings (SSSR count). The van der Waals surface area contributed by atoms with E-state index in [0.717, 1.165) is 17.0 Å². The normalized spacial score (nSPS) is 16.3. The number of benzene rings is 1. The zero-order valence-corrected chi connectivity index (χ0v) is 12.5. The molecule has 1 heterocycles. The number of hydrogen-bond donors (Lipinski definition) is 2. The lowest BCUT2D eigenvalue weighted by molar-refractivity contribution is -0.129. The van der Waals surface area contributed by atoms with Crippen LogP contribution in [0.4, 0.5) is 0 Å². The second kappa shape index (κ2) is 6.83. The zero-order chi connectivity index (χ0) is 15.4. The van der Waals surface area contributed by atoms with Crippen LogP contribution < -0.4 is 5.32 Å². The Labute approximate surface area is 125 Å². The molecule has 0 radical (unpaired) electrons. The van der Waals surface area contributed by atoms with Crippen LogP contribution in [0.3, 0.4) is 0 Å². The van der Waals surface area contributed by atoms with Gasteiger partial charge < -0.3 is 10.4 Å². The van der Waals surface area contributed by atoms with Gasteiger partial charge in [-0.3, -0.25) is 14.5 Å². The van der Waals surface area contributed by atoms with Crippen LogP contribution in [-0.4, -0.2) is 47.6 Å². The van der Waals surface area contributed by atoms with Gasteiger partial charge in [0.2, 0.25) is 5.91 Å². The van der Waals surface area contributed by atoms with Gasteiger partial charge in [0.05, 0.1) is 19.1 Å². The number of nitrogens with one attached hydrogen (secondary N) is 1. The van der Waals surface area contributed by atoms with Crippen LogP contribution in [0.2, 0.25) is 0 Å². The molecule has 0 saturated carbocycles. The van der Waals surface area contributed by atoms with Crippen molar-refractivity contribution in [3.8, 4) is 0 Å². The molecule has 1 aliphatic heterocycles. The number of carbonyl (C=O) groups excluding carboxylic acids is 2. The van der Waals surface area contributed by atoms with Gasteiger partial charge in [0.25, 0.3) is 5.91 Å². The third-order valence-corrected chi connectivity index (χ3v) is 3.46. The Morgan fingerprint density at radius 1 is 1.24 bits per heavy atom. The smallest absolute Gasteiger partial charge is 0.260 e. The SMILES string of the molecule is CC(C)CNCC(O)CN1C(=O)Cc2ccccc2C1=O. The third-order valence-electron chi connectivity index (χ3n) is 3.46. The molecule has 114 valence electrons. The van der Waals surface area contributed by atoms with Crippen LogP contribution in [0.5, 0.6) is 0 Å². The van der Waals surface area contributed by atoms with E-state index in [1.54, 1.807) is 18.2 Å². The molecule has 2 N–H and O–H groups in total. The predicted octanol–water partition coefficient (Wildman–Crippen LogP) is 0.818. The van der Waals surface area contributed by atoms with E-state index >= 15 is 0 Å². The number of fused-ring (bicyclic) bond motifs is 1. The Morgan fingerprint density at radius 3 is 2.67 bits per heavy atom. The molecule has 21 heavy (non-hydrogen) atoms. The largest absolute Gasteiger partial charge is 0.390 e. The fourth-order valence-electron chi connectivity index (χ4n) is 2.40. The van der Waals surface area contributed by atoms with Crippen molar-refractivity contribution in [1.82, 2.24) is 10.2 Å². The van der Waals surface area contributed by atoms with Crippen molar-refractivity contribution in [2.45, 2.75) is 26.4 Å². The van der Waals surface area contributed by atoms with E-state index in [0.29, 0.717) is 18.0 Å². The van der Waals surface area contributed by atoms with Crippen LogP contribution in [0.15, 0.2) is 24.3 Å². The van der Waals surface area contributed by atoms with E-state index in [9.17, 15) is 14.7 Å². The number of amides is 2. The quantitative estimate of drug-likeness (QED) is 0.761. The number of hydrogen-bond acceptors (Lipinski definition) is 4. The first kappa shape index (κ1) is 15.7. The van der Waals surface area contributed by atoms with Gasteiger partial charge in [-0.15, -0.1) is 0 Å². The van der Waals surface area contributed by atoms with Crippen molar-refractivity contribution < 1.29 is 14.7 Å². The van der Waals surface area contributed by atoms with Crippen LogP contribution in [0.1, 0.15) is 29.8 Å². The molecule has 1 unspecified atom stereocenters. The minimum Gasteiger partial charge on any atom is -0.390 e. The first-order valence-corrected chi connectivity index (χ1v) is 7.30. The molecule has 5 heteroatoms. The Bertz CT molecular complexity index is 528. The molecule has 1 atom stereocenters. The van der Waals surface area contributed by atoms with Gasteiger partial charge in [-0.25, -0.2) is 0 Å². The van der Waals surface area contributed by atoms with E-state index in [1.807, 2.05) is 6.07 Å². The molecule has 0 bridgehead atoms. The standard InChI is InChI=1S/C16H22N2O3/c1-11(2)8-17-9-13(19)10-18-15(20)7-12-5-3-4-6-14(12)16(18)21/h3-6,11,13,17,19H,7-10H2,1-2H3. The van der Waals surface area contributed by atoms with E-state index in [2.05, 4.69) is 19.2 Å². The molecule has 1 aliphatic rings. The molecular formula is C16H22N2O3. The summed E-state index contributed by atoms with van der Waals surface area (Å²) in [6, 6.07) is 7.12. The molecule has 0 aromatic heterocycles. The average molecular weight is 290 g/mol. The highest BCUT2D eigenvalue weighted by Gasteiger charge is 2.31. The Hall–Kier alpha value is -1.72. The van der Waals surface area contributed by atoms with E-state index in [-0.39, 0.29) is 24.8 Å². The maximum atomic E-state index is 12.3. The first-order chi connectivity index (χ1) is 9.99. The lowest BCUT2D eigenvalue weighted by atomic mass is 9.98. The molecule has 1 aromatic rings. The molecule has 0 fully saturated rings. The van der Waals surface area contributed by atoms with Crippen LogP contribution in [0.25, 0.3) is 0 Å². The number of nitrogens with zero attached hydrogens (tertiary/aromatic N) is 1. The third kappa shape index (κ3) is 3.89. The number of β-amino-alcohol motifs (C(OH)–C–C–N with tert-alkyl or cyclic N) is 1. The van der Waals surface area contributed by atoms with Crippen LogP contribution >= 0.6 is 0 Å². The predicted molar refractivity (Wildman–Crippen MR) is 79.9 cm³/mol. The summed E-state index contributed by atoms with van der Waals surface area (Å²) in [4.78, 5) is 25.5. The van der Waals surface area contributed by atoms with E-state index < -0.39 is 6.10 Å². The lowest BCUT2D eigenvalue weighted by Gasteiger charge is -2.28. The van der Waals surface area contributed by atoms with Gasteiger partial charge in [0, 0.05) is 12.1 Å². The summed E-state index contributed by atoms with van der Waals surface area (Å²) >= 11 is 0. The maximum Gasteiger partial charge on any atom is 0.260 e. The van der Waals surface area contributed by atoms with Crippen molar-refractivity contribution in [2.24, 2.45) is 5.92 Å². The zero-order valence-electron chi connectivity index (χ0n) is 12.5. The topological polar surface area (TPSA) is 69.6 Å². The van der Waals surface area contributed by atoms with Gasteiger partial charge in [-0.2, -0.15) is 0 Å². The van der Waals surface area contributed by atoms with Gasteiger partial charge in [0.1, 0.15) is 0 Å². The highest BCUT2D eigenvalue weighted by molar-refractivity contribution is 6.09. The van der Waals surface area contributed by atoms with Crippen molar-refractivity contribution in [3.63, 3.8) is 0 Å². The Kier molecular flexibility index (Phi) is 5.09. The summed E-state index contributed by atoms with van der Waals surface area (Å²) in [6.45, 7) is 5.36. The number of imide groups is 1. The summed E-state index contributed by atoms with van der Waals surface area (Å²) in [5, 5.41) is 13.1. The molecule has 2 amide bonds. The number of aliphatic hydroxyl groups excluding tert-OH is 1. The van der Waals surface area contributed by atoms with Crippen molar-refractivity contribution in [3.05, 3.63) is 35.4 Å². The Morgan fingerprint density at radius 2 is 1.95 bits per heavy atom. The minimum atomic E-state index is -0.748. The van der Waals surface area contributed by atoms with Gasteiger partial charge in [-0.05, 0) is 24.1 Å². The maximum absolute atomic E-state index is 12.3. The second-order valence-electron chi connectivity index (χ2n) is 5.85. The first-order valence-electron chi connectivity index (χ1n) is 7.30. The van der Waals surface area contributed by atoms with Crippen LogP contribution in [0, 0.1) is 5.92 Å². The van der Waals surface area contributed by atoms with Crippen molar-refractivity contribution in [1.29, 1.82) is 0 Å². The van der Waals surface area contributed by atoms with Gasteiger partial charge >= 0.3 is 0 Å². The van der Waals surface area contributed by atoms with Gasteiger partial charge in [0.15, 0.2) is 0 Å². The highest BCUT2D eigenvalue weighted by atomic mass is 16.3. The van der Waals surface area contributed by atoms with E-state index in [1.165, 1.54) is 0 Å². The summed E-state index contributed by atoms with van der Waals surface area (Å²) in [6.07, 6.45) is -0.532.